The van der Waals surface area contributed by atoms with E-state index in [1.807, 2.05) is 0 Å². The van der Waals surface area contributed by atoms with Crippen LogP contribution in [0.5, 0.6) is 0 Å². The summed E-state index contributed by atoms with van der Waals surface area (Å²) in [6, 6.07) is 0.309. The monoisotopic (exact) mass is 192 g/mol. The Bertz CT molecular complexity index is 188. The number of likely N-dealkylation sites (N-methyl/N-ethyl adjacent to an activating group) is 1. The first-order chi connectivity index (χ1) is 5.29. The SMILES string of the molecule is CN1C(=O)O[C@@H]2CNCC[C@@H]21.Cl. The van der Waals surface area contributed by atoms with Crippen LogP contribution >= 0.6 is 12.4 Å². The van der Waals surface area contributed by atoms with Crippen molar-refractivity contribution < 1.29 is 9.53 Å². The summed E-state index contributed by atoms with van der Waals surface area (Å²) in [6.45, 7) is 1.79. The van der Waals surface area contributed by atoms with Gasteiger partial charge in [-0.2, -0.15) is 0 Å². The van der Waals surface area contributed by atoms with E-state index >= 15 is 0 Å². The molecule has 2 saturated heterocycles. The van der Waals surface area contributed by atoms with Gasteiger partial charge in [0.1, 0.15) is 6.10 Å². The van der Waals surface area contributed by atoms with E-state index in [-0.39, 0.29) is 24.6 Å². The molecule has 2 aliphatic rings. The van der Waals surface area contributed by atoms with Crippen LogP contribution in [0.25, 0.3) is 0 Å². The third-order valence-corrected chi connectivity index (χ3v) is 2.43. The van der Waals surface area contributed by atoms with Crippen LogP contribution in [-0.2, 0) is 4.74 Å². The van der Waals surface area contributed by atoms with Crippen LogP contribution in [0.15, 0.2) is 0 Å². The molecule has 1 amide bonds. The minimum Gasteiger partial charge on any atom is -0.443 e. The minimum absolute atomic E-state index is 0. The fraction of sp³-hybridized carbons (Fsp3) is 0.857. The van der Waals surface area contributed by atoms with Crippen LogP contribution < -0.4 is 5.32 Å². The quantitative estimate of drug-likeness (QED) is 0.597. The molecule has 0 aromatic rings. The van der Waals surface area contributed by atoms with Gasteiger partial charge in [-0.1, -0.05) is 0 Å². The van der Waals surface area contributed by atoms with Crippen LogP contribution in [-0.4, -0.2) is 43.3 Å². The number of hydrogen-bond acceptors (Lipinski definition) is 3. The summed E-state index contributed by atoms with van der Waals surface area (Å²) in [6.07, 6.45) is 0.914. The summed E-state index contributed by atoms with van der Waals surface area (Å²) in [7, 11) is 1.80. The maximum Gasteiger partial charge on any atom is 0.410 e. The van der Waals surface area contributed by atoms with Gasteiger partial charge in [-0.15, -0.1) is 12.4 Å². The molecule has 2 rings (SSSR count). The summed E-state index contributed by atoms with van der Waals surface area (Å²) in [5.41, 5.74) is 0. The highest BCUT2D eigenvalue weighted by Gasteiger charge is 2.40. The largest absolute Gasteiger partial charge is 0.443 e. The van der Waals surface area contributed by atoms with Crippen LogP contribution in [0.1, 0.15) is 6.42 Å². The summed E-state index contributed by atoms with van der Waals surface area (Å²) in [5.74, 6) is 0. The zero-order valence-corrected chi connectivity index (χ0v) is 7.76. The highest BCUT2D eigenvalue weighted by molar-refractivity contribution is 5.85. The number of piperidine rings is 1. The number of amides is 1. The Balaban J connectivity index is 0.000000720. The maximum absolute atomic E-state index is 11.0. The van der Waals surface area contributed by atoms with Gasteiger partial charge in [-0.05, 0) is 13.0 Å². The van der Waals surface area contributed by atoms with Crippen LogP contribution in [0.2, 0.25) is 0 Å². The number of ether oxygens (including phenoxy) is 1. The minimum atomic E-state index is -0.177. The molecule has 2 atom stereocenters. The molecule has 2 heterocycles. The third kappa shape index (κ3) is 1.36. The molecule has 0 aromatic heterocycles. The van der Waals surface area contributed by atoms with E-state index in [2.05, 4.69) is 5.32 Å². The second-order valence-electron chi connectivity index (χ2n) is 3.09. The molecule has 12 heavy (non-hydrogen) atoms. The first kappa shape index (κ1) is 9.61. The van der Waals surface area contributed by atoms with E-state index in [1.165, 1.54) is 0 Å². The number of carbonyl (C=O) groups excluding carboxylic acids is 1. The molecule has 0 spiro atoms. The smallest absolute Gasteiger partial charge is 0.410 e. The lowest BCUT2D eigenvalue weighted by Crippen LogP contribution is -2.46. The van der Waals surface area contributed by atoms with Crippen LogP contribution in [0, 0.1) is 0 Å². The summed E-state index contributed by atoms with van der Waals surface area (Å²) >= 11 is 0. The third-order valence-electron chi connectivity index (χ3n) is 2.43. The second kappa shape index (κ2) is 3.49. The van der Waals surface area contributed by atoms with E-state index in [0.29, 0.717) is 6.04 Å². The Kier molecular flexibility index (Phi) is 2.80. The van der Waals surface area contributed by atoms with Gasteiger partial charge < -0.3 is 15.0 Å². The lowest BCUT2D eigenvalue weighted by molar-refractivity contribution is 0.121. The molecule has 0 unspecified atom stereocenters. The highest BCUT2D eigenvalue weighted by atomic mass is 35.5. The fourth-order valence-electron chi connectivity index (χ4n) is 1.73. The van der Waals surface area contributed by atoms with E-state index in [4.69, 9.17) is 4.74 Å². The predicted molar refractivity (Wildman–Crippen MR) is 46.6 cm³/mol. The summed E-state index contributed by atoms with van der Waals surface area (Å²) in [5, 5.41) is 3.19. The predicted octanol–water partition coefficient (Wildman–Crippen LogP) is 0.221. The van der Waals surface area contributed by atoms with Gasteiger partial charge in [0.15, 0.2) is 0 Å². The van der Waals surface area contributed by atoms with Crippen molar-refractivity contribution in [3.63, 3.8) is 0 Å². The van der Waals surface area contributed by atoms with Gasteiger partial charge in [0.05, 0.1) is 6.04 Å². The standard InChI is InChI=1S/C7H12N2O2.ClH/c1-9-5-2-3-8-4-6(5)11-7(9)10;/h5-6,8H,2-4H2,1H3;1H/t5-,6+;/m0./s1. The molecule has 70 valence electrons. The van der Waals surface area contributed by atoms with Crippen molar-refractivity contribution in [3.8, 4) is 0 Å². The molecule has 0 bridgehead atoms. The average Bonchev–Trinajstić information content (AvgIpc) is 2.30. The summed E-state index contributed by atoms with van der Waals surface area (Å²) < 4.78 is 5.10. The van der Waals surface area contributed by atoms with Crippen molar-refractivity contribution in [2.45, 2.75) is 18.6 Å². The van der Waals surface area contributed by atoms with Gasteiger partial charge in [-0.25, -0.2) is 4.79 Å². The van der Waals surface area contributed by atoms with Gasteiger partial charge >= 0.3 is 6.09 Å². The zero-order valence-electron chi connectivity index (χ0n) is 6.95. The second-order valence-corrected chi connectivity index (χ2v) is 3.09. The Morgan fingerprint density at radius 1 is 1.67 bits per heavy atom. The highest BCUT2D eigenvalue weighted by Crippen LogP contribution is 2.21. The molecule has 0 saturated carbocycles. The molecule has 0 aromatic carbocycles. The van der Waals surface area contributed by atoms with E-state index < -0.39 is 0 Å². The zero-order chi connectivity index (χ0) is 7.84. The van der Waals surface area contributed by atoms with Gasteiger partial charge in [-0.3, -0.25) is 0 Å². The first-order valence-electron chi connectivity index (χ1n) is 3.93. The Morgan fingerprint density at radius 2 is 2.42 bits per heavy atom. The van der Waals surface area contributed by atoms with Crippen molar-refractivity contribution in [2.75, 3.05) is 20.1 Å². The molecule has 5 heteroatoms. The Labute approximate surface area is 77.7 Å². The molecule has 0 radical (unpaired) electrons. The van der Waals surface area contributed by atoms with Crippen molar-refractivity contribution in [2.24, 2.45) is 0 Å². The van der Waals surface area contributed by atoms with Gasteiger partial charge in [0, 0.05) is 13.6 Å². The molecular weight excluding hydrogens is 180 g/mol. The van der Waals surface area contributed by atoms with E-state index in [1.54, 1.807) is 11.9 Å². The van der Waals surface area contributed by atoms with E-state index in [0.717, 1.165) is 19.5 Å². The first-order valence-corrected chi connectivity index (χ1v) is 3.93. The summed E-state index contributed by atoms with van der Waals surface area (Å²) in [4.78, 5) is 12.7. The molecule has 2 aliphatic heterocycles. The van der Waals surface area contributed by atoms with Gasteiger partial charge in [0.25, 0.3) is 0 Å². The number of rotatable bonds is 0. The number of nitrogens with one attached hydrogen (secondary N) is 1. The molecule has 0 aliphatic carbocycles. The lowest BCUT2D eigenvalue weighted by atomic mass is 10.0. The number of halogens is 1. The van der Waals surface area contributed by atoms with Crippen molar-refractivity contribution in [1.82, 2.24) is 10.2 Å². The Hall–Kier alpha value is -0.480. The molecule has 2 fully saturated rings. The van der Waals surface area contributed by atoms with Crippen molar-refractivity contribution in [3.05, 3.63) is 0 Å². The van der Waals surface area contributed by atoms with Crippen LogP contribution in [0.3, 0.4) is 0 Å². The number of nitrogens with zero attached hydrogens (tertiary/aromatic N) is 1. The van der Waals surface area contributed by atoms with Crippen LogP contribution in [0.4, 0.5) is 4.79 Å². The molecule has 1 N–H and O–H groups in total. The normalized spacial score (nSPS) is 33.8. The fourth-order valence-corrected chi connectivity index (χ4v) is 1.73. The van der Waals surface area contributed by atoms with Crippen molar-refractivity contribution >= 4 is 18.5 Å². The number of carbonyl (C=O) groups is 1. The van der Waals surface area contributed by atoms with E-state index in [9.17, 15) is 4.79 Å². The topological polar surface area (TPSA) is 41.6 Å². The number of hydrogen-bond donors (Lipinski definition) is 1. The van der Waals surface area contributed by atoms with Gasteiger partial charge in [0.2, 0.25) is 0 Å². The molecular formula is C7H13ClN2O2. The maximum atomic E-state index is 11.0. The Morgan fingerprint density at radius 3 is 3.08 bits per heavy atom. The molecule has 4 nitrogen and oxygen atoms in total. The lowest BCUT2D eigenvalue weighted by Gasteiger charge is -2.26. The average molecular weight is 193 g/mol. The number of fused-ring (bicyclic) bond motifs is 1. The van der Waals surface area contributed by atoms with Crippen molar-refractivity contribution in [1.29, 1.82) is 0 Å².